The molecule has 0 saturated heterocycles. The number of nitrogens with one attached hydrogen (secondary N) is 2. The number of hydrogen-bond acceptors (Lipinski definition) is 3. The third kappa shape index (κ3) is 2.31. The maximum Gasteiger partial charge on any atom is 0.279 e. The van der Waals surface area contributed by atoms with Crippen LogP contribution in [0, 0.1) is 24.8 Å². The standard InChI is InChI=1S/C17H13F2N5/c1-8-11-6-10(4-5-13(11)24-23-8)14-12(7-20)16(17(18)19)22-9(2)15(14)21-3/h4-6,14,17,22H,1-2H3,(H,23,24). The van der Waals surface area contributed by atoms with Gasteiger partial charge in [0.1, 0.15) is 0 Å². The first-order valence-corrected chi connectivity index (χ1v) is 7.20. The molecule has 5 nitrogen and oxygen atoms in total. The molecule has 2 N–H and O–H groups in total. The molecule has 1 atom stereocenters. The monoisotopic (exact) mass is 325 g/mol. The quantitative estimate of drug-likeness (QED) is 0.826. The Bertz CT molecular complexity index is 969. The number of aromatic nitrogens is 2. The summed E-state index contributed by atoms with van der Waals surface area (Å²) >= 11 is 0. The van der Waals surface area contributed by atoms with Crippen LogP contribution in [0.5, 0.6) is 0 Å². The van der Waals surface area contributed by atoms with Crippen molar-refractivity contribution in [2.24, 2.45) is 0 Å². The summed E-state index contributed by atoms with van der Waals surface area (Å²) in [6.07, 6.45) is -2.82. The van der Waals surface area contributed by atoms with Gasteiger partial charge >= 0.3 is 0 Å². The number of fused-ring (bicyclic) bond motifs is 1. The Labute approximate surface area is 137 Å². The lowest BCUT2D eigenvalue weighted by Crippen LogP contribution is -2.28. The average molecular weight is 325 g/mol. The SMILES string of the molecule is [C-]#[N+]C1=C(C)NC(C(F)F)=C(C#N)C1c1ccc2n[nH]c(C)c2c1. The van der Waals surface area contributed by atoms with Crippen molar-refractivity contribution in [2.45, 2.75) is 26.2 Å². The van der Waals surface area contributed by atoms with Gasteiger partial charge < -0.3 is 5.32 Å². The van der Waals surface area contributed by atoms with Crippen molar-refractivity contribution in [1.82, 2.24) is 15.5 Å². The van der Waals surface area contributed by atoms with Gasteiger partial charge in [-0.05, 0) is 31.5 Å². The van der Waals surface area contributed by atoms with Crippen LogP contribution in [-0.2, 0) is 0 Å². The predicted molar refractivity (Wildman–Crippen MR) is 84.7 cm³/mol. The molecule has 2 heterocycles. The molecule has 1 unspecified atom stereocenters. The number of hydrogen-bond donors (Lipinski definition) is 2. The van der Waals surface area contributed by atoms with Crippen LogP contribution >= 0.6 is 0 Å². The van der Waals surface area contributed by atoms with Gasteiger partial charge in [0, 0.05) is 16.8 Å². The molecule has 0 aliphatic carbocycles. The van der Waals surface area contributed by atoms with Crippen LogP contribution in [0.15, 0.2) is 40.9 Å². The minimum atomic E-state index is -2.82. The third-order valence-electron chi connectivity index (χ3n) is 4.12. The summed E-state index contributed by atoms with van der Waals surface area (Å²) in [4.78, 5) is 3.48. The topological polar surface area (TPSA) is 68.9 Å². The Morgan fingerprint density at radius 3 is 2.75 bits per heavy atom. The number of aromatic amines is 1. The lowest BCUT2D eigenvalue weighted by molar-refractivity contribution is 0.180. The number of nitriles is 1. The highest BCUT2D eigenvalue weighted by Gasteiger charge is 2.34. The number of allylic oxidation sites excluding steroid dienone is 3. The minimum absolute atomic E-state index is 0.123. The fourth-order valence-corrected chi connectivity index (χ4v) is 2.95. The van der Waals surface area contributed by atoms with E-state index in [9.17, 15) is 14.0 Å². The number of halogens is 2. The molecule has 24 heavy (non-hydrogen) atoms. The first kappa shape index (κ1) is 15.7. The van der Waals surface area contributed by atoms with Crippen LogP contribution in [0.2, 0.25) is 0 Å². The van der Waals surface area contributed by atoms with E-state index in [1.165, 1.54) is 0 Å². The van der Waals surface area contributed by atoms with Crippen molar-refractivity contribution in [3.05, 3.63) is 63.5 Å². The molecule has 3 rings (SSSR count). The van der Waals surface area contributed by atoms with Gasteiger partial charge in [-0.1, -0.05) is 6.07 Å². The van der Waals surface area contributed by atoms with Crippen molar-refractivity contribution in [3.8, 4) is 6.07 Å². The molecule has 1 aromatic heterocycles. The average Bonchev–Trinajstić information content (AvgIpc) is 2.94. The molecule has 1 aliphatic rings. The van der Waals surface area contributed by atoms with Crippen LogP contribution in [0.25, 0.3) is 15.7 Å². The van der Waals surface area contributed by atoms with E-state index in [0.29, 0.717) is 11.3 Å². The second-order valence-electron chi connectivity index (χ2n) is 5.55. The smallest absolute Gasteiger partial charge is 0.279 e. The van der Waals surface area contributed by atoms with Crippen molar-refractivity contribution >= 4 is 10.9 Å². The summed E-state index contributed by atoms with van der Waals surface area (Å²) in [5.74, 6) is -0.809. The van der Waals surface area contributed by atoms with Crippen LogP contribution in [-0.4, -0.2) is 16.6 Å². The Morgan fingerprint density at radius 2 is 2.12 bits per heavy atom. The van der Waals surface area contributed by atoms with E-state index in [0.717, 1.165) is 16.6 Å². The molecule has 120 valence electrons. The van der Waals surface area contributed by atoms with Gasteiger partial charge in [0.25, 0.3) is 6.43 Å². The highest BCUT2D eigenvalue weighted by atomic mass is 19.3. The molecular weight excluding hydrogens is 312 g/mol. The van der Waals surface area contributed by atoms with Crippen LogP contribution in [0.3, 0.4) is 0 Å². The van der Waals surface area contributed by atoms with Crippen molar-refractivity contribution in [1.29, 1.82) is 5.26 Å². The lowest BCUT2D eigenvalue weighted by atomic mass is 9.84. The highest BCUT2D eigenvalue weighted by molar-refractivity contribution is 5.82. The first-order chi connectivity index (χ1) is 11.5. The Morgan fingerprint density at radius 1 is 1.38 bits per heavy atom. The largest absolute Gasteiger partial charge is 0.367 e. The van der Waals surface area contributed by atoms with E-state index < -0.39 is 18.0 Å². The van der Waals surface area contributed by atoms with Crippen LogP contribution < -0.4 is 5.32 Å². The number of H-pyrrole nitrogens is 1. The summed E-state index contributed by atoms with van der Waals surface area (Å²) in [7, 11) is 0. The van der Waals surface area contributed by atoms with Gasteiger partial charge in [-0.25, -0.2) is 13.6 Å². The number of rotatable bonds is 2. The molecule has 7 heteroatoms. The Balaban J connectivity index is 2.26. The molecular formula is C17H13F2N5. The minimum Gasteiger partial charge on any atom is -0.367 e. The molecule has 0 bridgehead atoms. The lowest BCUT2D eigenvalue weighted by Gasteiger charge is -2.27. The van der Waals surface area contributed by atoms with E-state index >= 15 is 0 Å². The molecule has 0 spiro atoms. The zero-order valence-corrected chi connectivity index (χ0v) is 13.0. The van der Waals surface area contributed by atoms with Crippen molar-refractivity contribution in [3.63, 3.8) is 0 Å². The van der Waals surface area contributed by atoms with Gasteiger partial charge in [0.05, 0.1) is 35.3 Å². The van der Waals surface area contributed by atoms with E-state index in [-0.39, 0.29) is 11.3 Å². The van der Waals surface area contributed by atoms with Crippen LogP contribution in [0.1, 0.15) is 24.1 Å². The summed E-state index contributed by atoms with van der Waals surface area (Å²) in [5, 5.41) is 19.8. The first-order valence-electron chi connectivity index (χ1n) is 7.20. The maximum atomic E-state index is 13.3. The second-order valence-corrected chi connectivity index (χ2v) is 5.55. The molecule has 0 fully saturated rings. The number of benzene rings is 1. The molecule has 0 radical (unpaired) electrons. The number of aryl methyl sites for hydroxylation is 1. The zero-order chi connectivity index (χ0) is 17.4. The molecule has 2 aromatic rings. The normalized spacial score (nSPS) is 17.9. The number of nitrogens with zero attached hydrogens (tertiary/aromatic N) is 3. The summed E-state index contributed by atoms with van der Waals surface area (Å²) in [6.45, 7) is 10.8. The van der Waals surface area contributed by atoms with Crippen molar-refractivity contribution < 1.29 is 8.78 Å². The van der Waals surface area contributed by atoms with Gasteiger partial charge in [0.15, 0.2) is 5.70 Å². The third-order valence-corrected chi connectivity index (χ3v) is 4.12. The van der Waals surface area contributed by atoms with Gasteiger partial charge in [-0.3, -0.25) is 5.10 Å². The van der Waals surface area contributed by atoms with E-state index in [2.05, 4.69) is 20.4 Å². The predicted octanol–water partition coefficient (Wildman–Crippen LogP) is 3.75. The zero-order valence-electron chi connectivity index (χ0n) is 13.0. The number of dihydropyridines is 1. The summed E-state index contributed by atoms with van der Waals surface area (Å²) in [5.41, 5.74) is 2.23. The van der Waals surface area contributed by atoms with Crippen LogP contribution in [0.4, 0.5) is 8.78 Å². The van der Waals surface area contributed by atoms with E-state index in [1.54, 1.807) is 25.1 Å². The molecule has 1 aliphatic heterocycles. The van der Waals surface area contributed by atoms with E-state index in [1.807, 2.05) is 13.0 Å². The summed E-state index contributed by atoms with van der Waals surface area (Å²) < 4.78 is 26.7. The van der Waals surface area contributed by atoms with Crippen molar-refractivity contribution in [2.75, 3.05) is 0 Å². The fraction of sp³-hybridized carbons (Fsp3) is 0.235. The fourth-order valence-electron chi connectivity index (χ4n) is 2.95. The maximum absolute atomic E-state index is 13.3. The molecule has 0 saturated carbocycles. The van der Waals surface area contributed by atoms with Gasteiger partial charge in [0.2, 0.25) is 0 Å². The Hall–Kier alpha value is -3.19. The molecule has 1 aromatic carbocycles. The highest BCUT2D eigenvalue weighted by Crippen LogP contribution is 2.40. The Kier molecular flexibility index (Phi) is 3.78. The van der Waals surface area contributed by atoms with Gasteiger partial charge in [-0.15, -0.1) is 0 Å². The number of alkyl halides is 2. The second kappa shape index (κ2) is 5.78. The van der Waals surface area contributed by atoms with E-state index in [4.69, 9.17) is 6.57 Å². The molecule has 0 amide bonds. The van der Waals surface area contributed by atoms with Gasteiger partial charge in [-0.2, -0.15) is 10.4 Å². The summed E-state index contributed by atoms with van der Waals surface area (Å²) in [6, 6.07) is 7.13.